The Morgan fingerprint density at radius 2 is 1.40 bits per heavy atom. The van der Waals surface area contributed by atoms with Gasteiger partial charge in [-0.15, -0.1) is 12.4 Å². The third-order valence-electron chi connectivity index (χ3n) is 7.06. The van der Waals surface area contributed by atoms with Gasteiger partial charge in [-0.2, -0.15) is 0 Å². The van der Waals surface area contributed by atoms with Gasteiger partial charge >= 0.3 is 0 Å². The van der Waals surface area contributed by atoms with Crippen molar-refractivity contribution in [1.29, 1.82) is 0 Å². The van der Waals surface area contributed by atoms with E-state index in [9.17, 15) is 13.2 Å². The molecule has 1 aliphatic heterocycles. The summed E-state index contributed by atoms with van der Waals surface area (Å²) in [4.78, 5) is 14.6. The molecule has 1 saturated heterocycles. The van der Waals surface area contributed by atoms with Crippen LogP contribution in [0.1, 0.15) is 61.3 Å². The summed E-state index contributed by atoms with van der Waals surface area (Å²) in [6.07, 6.45) is 7.92. The summed E-state index contributed by atoms with van der Waals surface area (Å²) in [6, 6.07) is 28.8. The van der Waals surface area contributed by atoms with E-state index in [4.69, 9.17) is 0 Å². The Morgan fingerprint density at radius 1 is 0.825 bits per heavy atom. The number of allylic oxidation sites excluding steroid dienone is 1. The Hall–Kier alpha value is -3.19. The second-order valence-corrected chi connectivity index (χ2v) is 11.8. The topological polar surface area (TPSA) is 66.5 Å². The molecule has 0 aromatic heterocycles. The number of halogens is 1. The molecule has 1 aliphatic rings. The molecule has 1 N–H and O–H groups in total. The zero-order valence-electron chi connectivity index (χ0n) is 23.1. The third kappa shape index (κ3) is 9.19. The van der Waals surface area contributed by atoms with Crippen molar-refractivity contribution < 1.29 is 13.2 Å². The summed E-state index contributed by atoms with van der Waals surface area (Å²) in [7, 11) is -3.66. The highest BCUT2D eigenvalue weighted by Gasteiger charge is 2.16. The minimum atomic E-state index is -3.66. The van der Waals surface area contributed by atoms with E-state index in [2.05, 4.69) is 65.1 Å². The van der Waals surface area contributed by atoms with Gasteiger partial charge in [0.25, 0.3) is 5.91 Å². The number of hydrogen-bond donors (Lipinski definition) is 1. The van der Waals surface area contributed by atoms with Crippen LogP contribution in [0.5, 0.6) is 0 Å². The molecule has 0 radical (unpaired) electrons. The maximum atomic E-state index is 12.4. The molecule has 7 heteroatoms. The smallest absolute Gasteiger partial charge is 0.257 e. The van der Waals surface area contributed by atoms with Crippen molar-refractivity contribution in [2.45, 2.75) is 39.0 Å². The Morgan fingerprint density at radius 3 is 2.00 bits per heavy atom. The quantitative estimate of drug-likeness (QED) is 0.200. The molecule has 212 valence electrons. The first kappa shape index (κ1) is 31.3. The van der Waals surface area contributed by atoms with E-state index >= 15 is 0 Å². The molecule has 1 fully saturated rings. The van der Waals surface area contributed by atoms with Crippen LogP contribution in [-0.2, 0) is 14.8 Å². The van der Waals surface area contributed by atoms with Crippen LogP contribution in [0.2, 0.25) is 0 Å². The van der Waals surface area contributed by atoms with Gasteiger partial charge in [0.15, 0.2) is 0 Å². The Labute approximate surface area is 245 Å². The lowest BCUT2D eigenvalue weighted by Crippen LogP contribution is -2.34. The zero-order chi connectivity index (χ0) is 27.5. The summed E-state index contributed by atoms with van der Waals surface area (Å²) < 4.78 is 26.9. The minimum absolute atomic E-state index is 0. The number of amides is 1. The number of nitrogens with zero attached hydrogens (tertiary/aromatic N) is 1. The molecule has 3 aromatic rings. The minimum Gasteiger partial charge on any atom is -0.303 e. The average Bonchev–Trinajstić information content (AvgIpc) is 2.96. The molecule has 0 aliphatic carbocycles. The van der Waals surface area contributed by atoms with E-state index in [0.717, 1.165) is 42.7 Å². The lowest BCUT2D eigenvalue weighted by molar-refractivity contribution is -0.114. The number of sulfonamides is 1. The largest absolute Gasteiger partial charge is 0.303 e. The number of likely N-dealkylation sites (tertiary alicyclic amines) is 1. The van der Waals surface area contributed by atoms with Gasteiger partial charge in [-0.05, 0) is 84.8 Å². The standard InChI is InChI=1S/C33H38N2O3S.ClH/c1-2-31(28-13-6-3-7-14-28)33(29-15-8-4-9-16-29)30-20-17-27(18-21-30)19-22-32(36)34-39(37,38)26-12-25-35-23-10-5-11-24-35;/h3-4,6-9,13-22H,2,5,10-12,23-26H2,1H3,(H,34,36);1H/b22-19+,33-31-;. The van der Waals surface area contributed by atoms with E-state index in [1.54, 1.807) is 6.08 Å². The number of carbonyl (C=O) groups excluding carboxylic acids is 1. The van der Waals surface area contributed by atoms with Gasteiger partial charge < -0.3 is 4.90 Å². The average molecular weight is 579 g/mol. The second kappa shape index (κ2) is 15.6. The van der Waals surface area contributed by atoms with Crippen LogP contribution in [0.4, 0.5) is 0 Å². The van der Waals surface area contributed by atoms with Gasteiger partial charge in [0.1, 0.15) is 0 Å². The summed E-state index contributed by atoms with van der Waals surface area (Å²) in [5.41, 5.74) is 6.67. The number of hydrogen-bond acceptors (Lipinski definition) is 4. The van der Waals surface area contributed by atoms with Crippen molar-refractivity contribution in [3.8, 4) is 0 Å². The lowest BCUT2D eigenvalue weighted by atomic mass is 9.88. The van der Waals surface area contributed by atoms with E-state index in [1.807, 2.05) is 36.4 Å². The van der Waals surface area contributed by atoms with E-state index in [0.29, 0.717) is 6.42 Å². The third-order valence-corrected chi connectivity index (χ3v) is 8.40. The molecule has 0 saturated carbocycles. The normalized spacial score (nSPS) is 14.8. The predicted molar refractivity (Wildman–Crippen MR) is 169 cm³/mol. The van der Waals surface area contributed by atoms with Crippen molar-refractivity contribution in [2.24, 2.45) is 0 Å². The van der Waals surface area contributed by atoms with Crippen molar-refractivity contribution >= 4 is 45.6 Å². The molecule has 0 spiro atoms. The monoisotopic (exact) mass is 578 g/mol. The molecule has 5 nitrogen and oxygen atoms in total. The molecular formula is C33H39ClN2O3S. The molecule has 0 atom stereocenters. The SMILES string of the molecule is CC/C(=C(\c1ccccc1)c1ccc(/C=C/C(=O)NS(=O)(=O)CCCN2CCCCC2)cc1)c1ccccc1.Cl. The van der Waals surface area contributed by atoms with Crippen molar-refractivity contribution in [3.05, 3.63) is 113 Å². The van der Waals surface area contributed by atoms with Crippen LogP contribution >= 0.6 is 12.4 Å². The van der Waals surface area contributed by atoms with E-state index in [1.165, 1.54) is 42.0 Å². The second-order valence-electron chi connectivity index (χ2n) is 9.94. The predicted octanol–water partition coefficient (Wildman–Crippen LogP) is 6.81. The highest BCUT2D eigenvalue weighted by atomic mass is 35.5. The van der Waals surface area contributed by atoms with Gasteiger partial charge in [0, 0.05) is 6.08 Å². The molecule has 0 bridgehead atoms. The molecule has 3 aromatic carbocycles. The Kier molecular flexibility index (Phi) is 12.2. The number of piperidine rings is 1. The molecule has 40 heavy (non-hydrogen) atoms. The van der Waals surface area contributed by atoms with Crippen LogP contribution in [-0.4, -0.2) is 44.6 Å². The van der Waals surface area contributed by atoms with Gasteiger partial charge in [0.05, 0.1) is 5.75 Å². The van der Waals surface area contributed by atoms with Crippen molar-refractivity contribution in [3.63, 3.8) is 0 Å². The maximum absolute atomic E-state index is 12.4. The first-order valence-electron chi connectivity index (χ1n) is 13.8. The fraction of sp³-hybridized carbons (Fsp3) is 0.303. The van der Waals surface area contributed by atoms with Crippen LogP contribution < -0.4 is 4.72 Å². The number of rotatable bonds is 11. The maximum Gasteiger partial charge on any atom is 0.257 e. The van der Waals surface area contributed by atoms with Gasteiger partial charge in [-0.25, -0.2) is 13.1 Å². The molecule has 0 unspecified atom stereocenters. The fourth-order valence-electron chi connectivity index (χ4n) is 5.12. The molecule has 1 heterocycles. The first-order chi connectivity index (χ1) is 18.9. The van der Waals surface area contributed by atoms with Gasteiger partial charge in [0.2, 0.25) is 10.0 Å². The summed E-state index contributed by atoms with van der Waals surface area (Å²) in [6.45, 7) is 4.98. The van der Waals surface area contributed by atoms with Crippen LogP contribution in [0.25, 0.3) is 17.2 Å². The summed E-state index contributed by atoms with van der Waals surface area (Å²) in [5, 5.41) is 0. The number of nitrogens with one attached hydrogen (secondary N) is 1. The van der Waals surface area contributed by atoms with Crippen molar-refractivity contribution in [1.82, 2.24) is 9.62 Å². The van der Waals surface area contributed by atoms with Gasteiger partial charge in [-0.3, -0.25) is 4.79 Å². The van der Waals surface area contributed by atoms with Crippen LogP contribution in [0.3, 0.4) is 0 Å². The molecule has 4 rings (SSSR count). The van der Waals surface area contributed by atoms with Crippen molar-refractivity contribution in [2.75, 3.05) is 25.4 Å². The van der Waals surface area contributed by atoms with E-state index in [-0.39, 0.29) is 18.2 Å². The number of benzene rings is 3. The molecular weight excluding hydrogens is 540 g/mol. The first-order valence-corrected chi connectivity index (χ1v) is 15.5. The summed E-state index contributed by atoms with van der Waals surface area (Å²) in [5.74, 6) is -0.674. The van der Waals surface area contributed by atoms with Gasteiger partial charge in [-0.1, -0.05) is 98.3 Å². The Bertz CT molecular complexity index is 1380. The zero-order valence-corrected chi connectivity index (χ0v) is 24.7. The highest BCUT2D eigenvalue weighted by Crippen LogP contribution is 2.34. The highest BCUT2D eigenvalue weighted by molar-refractivity contribution is 7.90. The van der Waals surface area contributed by atoms with Crippen LogP contribution in [0.15, 0.2) is 91.0 Å². The van der Waals surface area contributed by atoms with E-state index < -0.39 is 15.9 Å². The summed E-state index contributed by atoms with van der Waals surface area (Å²) >= 11 is 0. The Balaban J connectivity index is 0.00000441. The molecule has 1 amide bonds. The number of carbonyl (C=O) groups is 1. The lowest BCUT2D eigenvalue weighted by Gasteiger charge is -2.26. The van der Waals surface area contributed by atoms with Crippen LogP contribution in [0, 0.1) is 0 Å². The fourth-order valence-corrected chi connectivity index (χ4v) is 6.10.